The number of carbonyl (C=O) groups is 2. The fourth-order valence-electron chi connectivity index (χ4n) is 3.99. The van der Waals surface area contributed by atoms with Crippen molar-refractivity contribution in [3.05, 3.63) is 52.3 Å². The Morgan fingerprint density at radius 1 is 1.07 bits per heavy atom. The van der Waals surface area contributed by atoms with Gasteiger partial charge >= 0.3 is 0 Å². The molecular formula is C22H29N3O2. The van der Waals surface area contributed by atoms with Crippen LogP contribution in [-0.2, 0) is 6.54 Å². The summed E-state index contributed by atoms with van der Waals surface area (Å²) in [7, 11) is 1.80. The van der Waals surface area contributed by atoms with Crippen LogP contribution in [0.2, 0.25) is 0 Å². The van der Waals surface area contributed by atoms with Crippen LogP contribution in [0.1, 0.15) is 63.9 Å². The normalized spacial score (nSPS) is 14.3. The summed E-state index contributed by atoms with van der Waals surface area (Å²) < 4.78 is 0. The van der Waals surface area contributed by atoms with E-state index in [0.29, 0.717) is 17.8 Å². The van der Waals surface area contributed by atoms with Crippen molar-refractivity contribution < 1.29 is 9.59 Å². The number of aromatic nitrogens is 1. The molecule has 0 saturated carbocycles. The molecule has 0 aliphatic carbocycles. The topological polar surface area (TPSA) is 56.4 Å². The standard InChI is InChI=1S/C22H29N3O2/c1-15-20(17(3)26)16(2)23-21(15)22(27)24(4)14-18-8-10-19(11-9-18)25-12-6-5-7-13-25/h8-11,23H,5-7,12-14H2,1-4H3. The number of piperidine rings is 1. The Morgan fingerprint density at radius 3 is 2.26 bits per heavy atom. The van der Waals surface area contributed by atoms with Crippen molar-refractivity contribution >= 4 is 17.4 Å². The molecule has 144 valence electrons. The lowest BCUT2D eigenvalue weighted by Gasteiger charge is -2.29. The first-order valence-electron chi connectivity index (χ1n) is 9.68. The Labute approximate surface area is 161 Å². The zero-order valence-corrected chi connectivity index (χ0v) is 16.8. The largest absolute Gasteiger partial charge is 0.372 e. The first-order chi connectivity index (χ1) is 12.9. The third-order valence-electron chi connectivity index (χ3n) is 5.43. The monoisotopic (exact) mass is 367 g/mol. The molecule has 1 fully saturated rings. The molecule has 0 spiro atoms. The predicted molar refractivity (Wildman–Crippen MR) is 109 cm³/mol. The summed E-state index contributed by atoms with van der Waals surface area (Å²) in [6, 6.07) is 8.50. The van der Waals surface area contributed by atoms with Crippen molar-refractivity contribution in [3.8, 4) is 0 Å². The van der Waals surface area contributed by atoms with E-state index in [4.69, 9.17) is 0 Å². The maximum Gasteiger partial charge on any atom is 0.270 e. The summed E-state index contributed by atoms with van der Waals surface area (Å²) in [5, 5.41) is 0. The van der Waals surface area contributed by atoms with Gasteiger partial charge in [0.1, 0.15) is 5.69 Å². The highest BCUT2D eigenvalue weighted by Gasteiger charge is 2.22. The van der Waals surface area contributed by atoms with Crippen molar-refractivity contribution in [1.29, 1.82) is 0 Å². The van der Waals surface area contributed by atoms with Crippen LogP contribution in [0.5, 0.6) is 0 Å². The minimum Gasteiger partial charge on any atom is -0.372 e. The number of benzene rings is 1. The summed E-state index contributed by atoms with van der Waals surface area (Å²) in [5.74, 6) is -0.112. The zero-order chi connectivity index (χ0) is 19.6. The van der Waals surface area contributed by atoms with Gasteiger partial charge in [-0.1, -0.05) is 12.1 Å². The molecule has 0 unspecified atom stereocenters. The minimum atomic E-state index is -0.0943. The maximum atomic E-state index is 12.8. The zero-order valence-electron chi connectivity index (χ0n) is 16.8. The molecule has 1 aromatic carbocycles. The molecular weight excluding hydrogens is 338 g/mol. The first kappa shape index (κ1) is 19.2. The molecule has 2 heterocycles. The Kier molecular flexibility index (Phi) is 5.68. The van der Waals surface area contributed by atoms with E-state index in [1.54, 1.807) is 11.9 Å². The average molecular weight is 367 g/mol. The van der Waals surface area contributed by atoms with Gasteiger partial charge < -0.3 is 14.8 Å². The molecule has 1 amide bonds. The fraction of sp³-hybridized carbons (Fsp3) is 0.455. The molecule has 3 rings (SSSR count). The van der Waals surface area contributed by atoms with E-state index < -0.39 is 0 Å². The van der Waals surface area contributed by atoms with E-state index in [-0.39, 0.29) is 11.7 Å². The predicted octanol–water partition coefficient (Wildman–Crippen LogP) is 4.10. The van der Waals surface area contributed by atoms with Crippen LogP contribution in [0.15, 0.2) is 24.3 Å². The molecule has 1 N–H and O–H groups in total. The molecule has 1 aliphatic heterocycles. The number of amides is 1. The molecule has 1 aromatic heterocycles. The van der Waals surface area contributed by atoms with Gasteiger partial charge in [0.2, 0.25) is 0 Å². The first-order valence-corrected chi connectivity index (χ1v) is 9.68. The van der Waals surface area contributed by atoms with E-state index in [9.17, 15) is 9.59 Å². The number of Topliss-reactive ketones (excluding diaryl/α,β-unsaturated/α-hetero) is 1. The highest BCUT2D eigenvalue weighted by atomic mass is 16.2. The van der Waals surface area contributed by atoms with Gasteiger partial charge in [-0.15, -0.1) is 0 Å². The molecule has 2 aromatic rings. The van der Waals surface area contributed by atoms with Gasteiger partial charge in [-0.05, 0) is 63.3 Å². The number of anilines is 1. The number of ketones is 1. The fourth-order valence-corrected chi connectivity index (χ4v) is 3.99. The molecule has 0 bridgehead atoms. The van der Waals surface area contributed by atoms with Crippen molar-refractivity contribution in [2.75, 3.05) is 25.0 Å². The van der Waals surface area contributed by atoms with Crippen LogP contribution >= 0.6 is 0 Å². The second kappa shape index (κ2) is 7.99. The number of nitrogens with zero attached hydrogens (tertiary/aromatic N) is 2. The van der Waals surface area contributed by atoms with E-state index in [1.165, 1.54) is 31.9 Å². The smallest absolute Gasteiger partial charge is 0.270 e. The Bertz CT molecular complexity index is 830. The van der Waals surface area contributed by atoms with Gasteiger partial charge in [0.15, 0.2) is 5.78 Å². The van der Waals surface area contributed by atoms with Crippen LogP contribution < -0.4 is 4.90 Å². The van der Waals surface area contributed by atoms with Gasteiger partial charge in [0, 0.05) is 43.6 Å². The number of rotatable bonds is 5. The summed E-state index contributed by atoms with van der Waals surface area (Å²) in [6.07, 6.45) is 3.84. The average Bonchev–Trinajstić information content (AvgIpc) is 2.96. The van der Waals surface area contributed by atoms with E-state index >= 15 is 0 Å². The third kappa shape index (κ3) is 4.07. The van der Waals surface area contributed by atoms with Crippen LogP contribution in [0.3, 0.4) is 0 Å². The highest BCUT2D eigenvalue weighted by molar-refractivity contribution is 6.02. The van der Waals surface area contributed by atoms with Crippen molar-refractivity contribution in [3.63, 3.8) is 0 Å². The number of carbonyl (C=O) groups excluding carboxylic acids is 2. The summed E-state index contributed by atoms with van der Waals surface area (Å²) in [5.41, 5.74) is 4.97. The second-order valence-electron chi connectivity index (χ2n) is 7.56. The minimum absolute atomic E-state index is 0.0174. The number of hydrogen-bond donors (Lipinski definition) is 1. The lowest BCUT2D eigenvalue weighted by Crippen LogP contribution is -2.29. The van der Waals surface area contributed by atoms with Crippen molar-refractivity contribution in [2.45, 2.75) is 46.6 Å². The lowest BCUT2D eigenvalue weighted by atomic mass is 10.1. The van der Waals surface area contributed by atoms with Gasteiger partial charge in [-0.25, -0.2) is 0 Å². The van der Waals surface area contributed by atoms with E-state index in [0.717, 1.165) is 29.9 Å². The molecule has 27 heavy (non-hydrogen) atoms. The SMILES string of the molecule is CC(=O)c1c(C)[nH]c(C(=O)N(C)Cc2ccc(N3CCCCC3)cc2)c1C. The molecule has 1 saturated heterocycles. The van der Waals surface area contributed by atoms with Crippen LogP contribution in [0.25, 0.3) is 0 Å². The van der Waals surface area contributed by atoms with Crippen LogP contribution in [0.4, 0.5) is 5.69 Å². The quantitative estimate of drug-likeness (QED) is 0.810. The molecule has 1 aliphatic rings. The number of hydrogen-bond acceptors (Lipinski definition) is 3. The van der Waals surface area contributed by atoms with E-state index in [2.05, 4.69) is 34.1 Å². The van der Waals surface area contributed by atoms with Crippen molar-refractivity contribution in [1.82, 2.24) is 9.88 Å². The Morgan fingerprint density at radius 2 is 1.70 bits per heavy atom. The second-order valence-corrected chi connectivity index (χ2v) is 7.56. The Balaban J connectivity index is 1.69. The maximum absolute atomic E-state index is 12.8. The van der Waals surface area contributed by atoms with Gasteiger partial charge in [0.25, 0.3) is 5.91 Å². The number of aryl methyl sites for hydroxylation is 1. The van der Waals surface area contributed by atoms with Crippen LogP contribution in [0, 0.1) is 13.8 Å². The molecule has 5 nitrogen and oxygen atoms in total. The summed E-state index contributed by atoms with van der Waals surface area (Å²) in [4.78, 5) is 31.9. The highest BCUT2D eigenvalue weighted by Crippen LogP contribution is 2.22. The number of aromatic amines is 1. The third-order valence-corrected chi connectivity index (χ3v) is 5.43. The van der Waals surface area contributed by atoms with Gasteiger partial charge in [-0.3, -0.25) is 9.59 Å². The number of H-pyrrole nitrogens is 1. The summed E-state index contributed by atoms with van der Waals surface area (Å²) >= 11 is 0. The van der Waals surface area contributed by atoms with E-state index in [1.807, 2.05) is 13.8 Å². The molecule has 5 heteroatoms. The number of nitrogens with one attached hydrogen (secondary N) is 1. The molecule has 0 radical (unpaired) electrons. The van der Waals surface area contributed by atoms with Gasteiger partial charge in [0.05, 0.1) is 0 Å². The molecule has 0 atom stereocenters. The summed E-state index contributed by atoms with van der Waals surface area (Å²) in [6.45, 7) is 7.98. The lowest BCUT2D eigenvalue weighted by molar-refractivity contribution is 0.0779. The Hall–Kier alpha value is -2.56. The van der Waals surface area contributed by atoms with Crippen molar-refractivity contribution in [2.24, 2.45) is 0 Å². The van der Waals surface area contributed by atoms with Gasteiger partial charge in [-0.2, -0.15) is 0 Å². The van der Waals surface area contributed by atoms with Crippen LogP contribution in [-0.4, -0.2) is 41.7 Å².